The van der Waals surface area contributed by atoms with E-state index in [4.69, 9.17) is 9.03 Å². The normalized spacial score (nSPS) is 13.7. The fraction of sp³-hybridized carbons (Fsp3) is 1.00. The fourth-order valence-electron chi connectivity index (χ4n) is 1.25. The summed E-state index contributed by atoms with van der Waals surface area (Å²) < 4.78 is 14.1. The SMILES string of the molecule is CN=P(C)(C)N=P(C)(C)N=P(C)(C)C. The van der Waals surface area contributed by atoms with E-state index in [1.54, 1.807) is 0 Å². The largest absolute Gasteiger partial charge is 0.285 e. The van der Waals surface area contributed by atoms with Crippen LogP contribution in [0, 0.1) is 0 Å². The van der Waals surface area contributed by atoms with Gasteiger partial charge in [-0.2, -0.15) is 0 Å². The molecule has 0 heterocycles. The van der Waals surface area contributed by atoms with Crippen LogP contribution in [0.5, 0.6) is 0 Å². The standard InChI is InChI=1S/C8H24N3P3/c1-9-13(5,6)11-14(7,8)10-12(2,3)4/h1-8H3. The third-order valence-corrected chi connectivity index (χ3v) is 9.79. The van der Waals surface area contributed by atoms with Gasteiger partial charge in [-0.05, 0) is 53.7 Å². The van der Waals surface area contributed by atoms with E-state index in [2.05, 4.69) is 51.4 Å². The van der Waals surface area contributed by atoms with Crippen LogP contribution in [0.3, 0.4) is 0 Å². The molecule has 0 amide bonds. The number of hydrogen-bond acceptors (Lipinski definition) is 1. The van der Waals surface area contributed by atoms with Crippen LogP contribution < -0.4 is 0 Å². The Morgan fingerprint density at radius 2 is 1.07 bits per heavy atom. The molecule has 3 nitrogen and oxygen atoms in total. The first kappa shape index (κ1) is 14.7. The van der Waals surface area contributed by atoms with Gasteiger partial charge in [-0.1, -0.05) is 0 Å². The zero-order valence-corrected chi connectivity index (χ0v) is 13.4. The molecule has 0 unspecified atom stereocenters. The molecule has 14 heavy (non-hydrogen) atoms. The second-order valence-corrected chi connectivity index (χ2v) is 16.1. The molecule has 0 aliphatic rings. The molecule has 0 saturated carbocycles. The fourth-order valence-corrected chi connectivity index (χ4v) is 11.6. The zero-order valence-electron chi connectivity index (χ0n) is 10.7. The van der Waals surface area contributed by atoms with Gasteiger partial charge in [0, 0.05) is 7.05 Å². The Hall–Kier alpha value is 0.690. The van der Waals surface area contributed by atoms with Crippen molar-refractivity contribution >= 4 is 21.5 Å². The molecule has 86 valence electrons. The van der Waals surface area contributed by atoms with Gasteiger partial charge in [0.1, 0.15) is 0 Å². The molecule has 6 heteroatoms. The van der Waals surface area contributed by atoms with Crippen LogP contribution in [0.1, 0.15) is 0 Å². The van der Waals surface area contributed by atoms with Crippen molar-refractivity contribution in [2.24, 2.45) is 13.8 Å². The van der Waals surface area contributed by atoms with Crippen LogP contribution >= 0.6 is 21.5 Å². The van der Waals surface area contributed by atoms with Crippen molar-refractivity contribution in [1.29, 1.82) is 0 Å². The summed E-state index contributed by atoms with van der Waals surface area (Å²) in [7, 11) is -2.07. The van der Waals surface area contributed by atoms with Crippen molar-refractivity contribution in [2.75, 3.05) is 53.7 Å². The van der Waals surface area contributed by atoms with Gasteiger partial charge in [0.05, 0.1) is 14.4 Å². The second-order valence-electron chi connectivity index (χ2n) is 4.99. The molecule has 0 saturated heterocycles. The summed E-state index contributed by atoms with van der Waals surface area (Å²) in [5.74, 6) is 0. The van der Waals surface area contributed by atoms with Crippen LogP contribution in [0.15, 0.2) is 13.8 Å². The van der Waals surface area contributed by atoms with Crippen molar-refractivity contribution < 1.29 is 0 Å². The van der Waals surface area contributed by atoms with Crippen LogP contribution in [-0.4, -0.2) is 53.7 Å². The highest BCUT2D eigenvalue weighted by atomic mass is 31.2. The molecule has 0 aliphatic heterocycles. The summed E-state index contributed by atoms with van der Waals surface area (Å²) in [5, 5.41) is 0. The highest BCUT2D eigenvalue weighted by molar-refractivity contribution is 7.79. The Kier molecular flexibility index (Phi) is 4.92. The molecule has 0 atom stereocenters. The zero-order chi connectivity index (χ0) is 11.6. The lowest BCUT2D eigenvalue weighted by atomic mass is 11.6. The number of hydrogen-bond donors (Lipinski definition) is 0. The van der Waals surface area contributed by atoms with E-state index >= 15 is 0 Å². The van der Waals surface area contributed by atoms with Crippen molar-refractivity contribution in [3.05, 3.63) is 0 Å². The highest BCUT2D eigenvalue weighted by Crippen LogP contribution is 2.61. The summed E-state index contributed by atoms with van der Waals surface area (Å²) in [6.45, 7) is 15.4. The minimum atomic E-state index is -1.45. The van der Waals surface area contributed by atoms with E-state index in [0.717, 1.165) is 0 Å². The third-order valence-electron chi connectivity index (χ3n) is 1.41. The minimum Gasteiger partial charge on any atom is -0.285 e. The first-order valence-electron chi connectivity index (χ1n) is 4.58. The Morgan fingerprint density at radius 3 is 1.36 bits per heavy atom. The predicted octanol–water partition coefficient (Wildman–Crippen LogP) is 4.46. The molecule has 0 bridgehead atoms. The van der Waals surface area contributed by atoms with Gasteiger partial charge < -0.3 is 0 Å². The van der Waals surface area contributed by atoms with Crippen molar-refractivity contribution in [1.82, 2.24) is 0 Å². The summed E-state index contributed by atoms with van der Waals surface area (Å²) in [6, 6.07) is 0. The van der Waals surface area contributed by atoms with Crippen molar-refractivity contribution in [2.45, 2.75) is 0 Å². The first-order chi connectivity index (χ1) is 5.97. The highest BCUT2D eigenvalue weighted by Gasteiger charge is 2.10. The lowest BCUT2D eigenvalue weighted by Crippen LogP contribution is -1.76. The smallest absolute Gasteiger partial charge is 0.0726 e. The van der Waals surface area contributed by atoms with E-state index < -0.39 is 21.5 Å². The maximum Gasteiger partial charge on any atom is 0.0726 e. The summed E-state index contributed by atoms with van der Waals surface area (Å²) in [5.41, 5.74) is 0. The predicted molar refractivity (Wildman–Crippen MR) is 75.4 cm³/mol. The molecule has 0 spiro atoms. The topological polar surface area (TPSA) is 37.1 Å². The van der Waals surface area contributed by atoms with Crippen molar-refractivity contribution in [3.63, 3.8) is 0 Å². The van der Waals surface area contributed by atoms with Gasteiger partial charge in [0.2, 0.25) is 0 Å². The maximum atomic E-state index is 4.90. The van der Waals surface area contributed by atoms with E-state index in [0.29, 0.717) is 0 Å². The van der Waals surface area contributed by atoms with Gasteiger partial charge in [0.25, 0.3) is 0 Å². The average molecular weight is 255 g/mol. The van der Waals surface area contributed by atoms with Crippen LogP contribution in [-0.2, 0) is 0 Å². The monoisotopic (exact) mass is 255 g/mol. The third kappa shape index (κ3) is 7.04. The minimum absolute atomic E-state index is 1.08. The molecular weight excluding hydrogens is 231 g/mol. The van der Waals surface area contributed by atoms with E-state index in [9.17, 15) is 0 Å². The lowest BCUT2D eigenvalue weighted by molar-refractivity contribution is 1.46. The summed E-state index contributed by atoms with van der Waals surface area (Å²) in [4.78, 5) is 0. The Morgan fingerprint density at radius 1 is 0.643 bits per heavy atom. The number of rotatable bonds is 2. The van der Waals surface area contributed by atoms with Gasteiger partial charge >= 0.3 is 0 Å². The molecular formula is C8H24N3P3. The van der Waals surface area contributed by atoms with Crippen molar-refractivity contribution in [3.8, 4) is 0 Å². The Balaban J connectivity index is 5.41. The molecule has 0 N–H and O–H groups in total. The first-order valence-corrected chi connectivity index (χ1v) is 12.8. The average Bonchev–Trinajstić information content (AvgIpc) is 1.78. The van der Waals surface area contributed by atoms with E-state index in [-0.39, 0.29) is 0 Å². The second kappa shape index (κ2) is 4.69. The number of nitrogens with zero attached hydrogens (tertiary/aromatic N) is 3. The molecule has 0 radical (unpaired) electrons. The van der Waals surface area contributed by atoms with Crippen LogP contribution in [0.4, 0.5) is 0 Å². The molecule has 0 aromatic heterocycles. The Bertz CT molecular complexity index is 342. The quantitative estimate of drug-likeness (QED) is 0.653. The summed E-state index contributed by atoms with van der Waals surface area (Å²) >= 11 is 0. The lowest BCUT2D eigenvalue weighted by Gasteiger charge is -2.18. The Labute approximate surface area is 89.4 Å². The van der Waals surface area contributed by atoms with Gasteiger partial charge in [0.15, 0.2) is 0 Å². The molecule has 0 aliphatic carbocycles. The van der Waals surface area contributed by atoms with E-state index in [1.165, 1.54) is 0 Å². The maximum absolute atomic E-state index is 4.90. The summed E-state index contributed by atoms with van der Waals surface area (Å²) in [6.07, 6.45) is 0. The molecule has 0 aromatic carbocycles. The molecule has 0 fully saturated rings. The van der Waals surface area contributed by atoms with Gasteiger partial charge in [-0.3, -0.25) is 9.26 Å². The molecule has 0 rings (SSSR count). The van der Waals surface area contributed by atoms with Crippen LogP contribution in [0.25, 0.3) is 0 Å². The van der Waals surface area contributed by atoms with Gasteiger partial charge in [-0.25, -0.2) is 4.52 Å². The van der Waals surface area contributed by atoms with E-state index in [1.807, 2.05) is 7.05 Å². The van der Waals surface area contributed by atoms with Crippen LogP contribution in [0.2, 0.25) is 0 Å². The molecule has 0 aromatic rings. The van der Waals surface area contributed by atoms with Gasteiger partial charge in [-0.15, -0.1) is 0 Å².